The highest BCUT2D eigenvalue weighted by molar-refractivity contribution is 5.34. The summed E-state index contributed by atoms with van der Waals surface area (Å²) in [6, 6.07) is 6.73. The molecule has 0 saturated heterocycles. The second-order valence-corrected chi connectivity index (χ2v) is 4.52. The fourth-order valence-electron chi connectivity index (χ4n) is 1.25. The molecule has 0 bridgehead atoms. The van der Waals surface area contributed by atoms with Crippen LogP contribution in [0.1, 0.15) is 32.8 Å². The van der Waals surface area contributed by atoms with E-state index in [0.29, 0.717) is 6.54 Å². The molecule has 1 N–H and O–H groups in total. The maximum Gasteiger partial charge on any atom is 0.269 e. The molecule has 0 fully saturated rings. The first kappa shape index (κ1) is 12.6. The van der Waals surface area contributed by atoms with E-state index < -0.39 is 0 Å². The number of benzene rings is 1. The van der Waals surface area contributed by atoms with E-state index >= 15 is 0 Å². The molecule has 88 valence electrons. The molecule has 0 saturated carbocycles. The van der Waals surface area contributed by atoms with Gasteiger partial charge in [-0.05, 0) is 25.8 Å². The summed E-state index contributed by atoms with van der Waals surface area (Å²) in [5, 5.41) is 14.0. The Morgan fingerprint density at radius 1 is 1.44 bits per heavy atom. The number of nitrogens with one attached hydrogen (secondary N) is 1. The SMILES string of the molecule is CCC(C)(C)NCc1cccc([N+](=O)[O-])c1. The molecule has 4 nitrogen and oxygen atoms in total. The van der Waals surface area contributed by atoms with Gasteiger partial charge in [0.1, 0.15) is 0 Å². The van der Waals surface area contributed by atoms with Crippen LogP contribution in [0.5, 0.6) is 0 Å². The van der Waals surface area contributed by atoms with Gasteiger partial charge in [-0.15, -0.1) is 0 Å². The highest BCUT2D eigenvalue weighted by atomic mass is 16.6. The Morgan fingerprint density at radius 3 is 2.69 bits per heavy atom. The molecule has 0 amide bonds. The molecule has 0 unspecified atom stereocenters. The molecule has 0 atom stereocenters. The highest BCUT2D eigenvalue weighted by Gasteiger charge is 2.14. The zero-order chi connectivity index (χ0) is 12.2. The minimum Gasteiger partial charge on any atom is -0.308 e. The second kappa shape index (κ2) is 5.07. The summed E-state index contributed by atoms with van der Waals surface area (Å²) >= 11 is 0. The van der Waals surface area contributed by atoms with Gasteiger partial charge in [-0.25, -0.2) is 0 Å². The molecule has 0 spiro atoms. The summed E-state index contributed by atoms with van der Waals surface area (Å²) in [5.41, 5.74) is 1.15. The average Bonchev–Trinajstić information content (AvgIpc) is 2.27. The lowest BCUT2D eigenvalue weighted by Gasteiger charge is -2.24. The predicted octanol–water partition coefficient (Wildman–Crippen LogP) is 2.87. The van der Waals surface area contributed by atoms with E-state index in [-0.39, 0.29) is 16.1 Å². The van der Waals surface area contributed by atoms with Gasteiger partial charge < -0.3 is 5.32 Å². The lowest BCUT2D eigenvalue weighted by Crippen LogP contribution is -2.37. The van der Waals surface area contributed by atoms with Crippen molar-refractivity contribution in [1.82, 2.24) is 5.32 Å². The van der Waals surface area contributed by atoms with Crippen molar-refractivity contribution in [3.63, 3.8) is 0 Å². The smallest absolute Gasteiger partial charge is 0.269 e. The van der Waals surface area contributed by atoms with Crippen LogP contribution >= 0.6 is 0 Å². The first-order valence-corrected chi connectivity index (χ1v) is 5.43. The molecular formula is C12H18N2O2. The van der Waals surface area contributed by atoms with Gasteiger partial charge in [-0.1, -0.05) is 19.1 Å². The number of nitro benzene ring substituents is 1. The number of hydrogen-bond donors (Lipinski definition) is 1. The van der Waals surface area contributed by atoms with Crippen LogP contribution < -0.4 is 5.32 Å². The van der Waals surface area contributed by atoms with E-state index in [0.717, 1.165) is 12.0 Å². The fraction of sp³-hybridized carbons (Fsp3) is 0.500. The third-order valence-electron chi connectivity index (χ3n) is 2.78. The molecule has 1 aromatic carbocycles. The van der Waals surface area contributed by atoms with Gasteiger partial charge in [0.05, 0.1) is 4.92 Å². The van der Waals surface area contributed by atoms with Gasteiger partial charge >= 0.3 is 0 Å². The molecule has 0 aliphatic rings. The number of nitrogens with zero attached hydrogens (tertiary/aromatic N) is 1. The number of hydrogen-bond acceptors (Lipinski definition) is 3. The van der Waals surface area contributed by atoms with Crippen molar-refractivity contribution in [3.05, 3.63) is 39.9 Å². The molecule has 16 heavy (non-hydrogen) atoms. The summed E-state index contributed by atoms with van der Waals surface area (Å²) in [6.07, 6.45) is 1.02. The van der Waals surface area contributed by atoms with Gasteiger partial charge in [0.15, 0.2) is 0 Å². The van der Waals surface area contributed by atoms with Crippen molar-refractivity contribution in [2.75, 3.05) is 0 Å². The van der Waals surface area contributed by atoms with E-state index in [4.69, 9.17) is 0 Å². The number of rotatable bonds is 5. The van der Waals surface area contributed by atoms with Crippen LogP contribution in [0.3, 0.4) is 0 Å². The van der Waals surface area contributed by atoms with Gasteiger partial charge in [0.2, 0.25) is 0 Å². The quantitative estimate of drug-likeness (QED) is 0.615. The first-order valence-electron chi connectivity index (χ1n) is 5.43. The monoisotopic (exact) mass is 222 g/mol. The van der Waals surface area contributed by atoms with Crippen LogP contribution in [0.25, 0.3) is 0 Å². The Kier molecular flexibility index (Phi) is 4.01. The molecule has 0 heterocycles. The molecular weight excluding hydrogens is 204 g/mol. The summed E-state index contributed by atoms with van der Waals surface area (Å²) in [6.45, 7) is 7.00. The number of nitro groups is 1. The van der Waals surface area contributed by atoms with Crippen LogP contribution in [0, 0.1) is 10.1 Å². The van der Waals surface area contributed by atoms with E-state index in [1.165, 1.54) is 6.07 Å². The van der Waals surface area contributed by atoms with Crippen LogP contribution in [0.15, 0.2) is 24.3 Å². The van der Waals surface area contributed by atoms with Crippen LogP contribution in [0.2, 0.25) is 0 Å². The maximum absolute atomic E-state index is 10.6. The van der Waals surface area contributed by atoms with Gasteiger partial charge in [-0.2, -0.15) is 0 Å². The van der Waals surface area contributed by atoms with Crippen molar-refractivity contribution in [2.24, 2.45) is 0 Å². The van der Waals surface area contributed by atoms with E-state index in [9.17, 15) is 10.1 Å². The standard InChI is InChI=1S/C12H18N2O2/c1-4-12(2,3)13-9-10-6-5-7-11(8-10)14(15)16/h5-8,13H,4,9H2,1-3H3. The predicted molar refractivity (Wildman–Crippen MR) is 64.3 cm³/mol. The second-order valence-electron chi connectivity index (χ2n) is 4.52. The molecule has 1 rings (SSSR count). The zero-order valence-electron chi connectivity index (χ0n) is 9.99. The van der Waals surface area contributed by atoms with Gasteiger partial charge in [-0.3, -0.25) is 10.1 Å². The van der Waals surface area contributed by atoms with Crippen LogP contribution in [0.4, 0.5) is 5.69 Å². The summed E-state index contributed by atoms with van der Waals surface area (Å²) < 4.78 is 0. The Labute approximate surface area is 95.8 Å². The van der Waals surface area contributed by atoms with E-state index in [1.54, 1.807) is 12.1 Å². The molecule has 4 heteroatoms. The lowest BCUT2D eigenvalue weighted by molar-refractivity contribution is -0.384. The van der Waals surface area contributed by atoms with Crippen LogP contribution in [-0.2, 0) is 6.54 Å². The van der Waals surface area contributed by atoms with Crippen LogP contribution in [-0.4, -0.2) is 10.5 Å². The molecule has 0 aromatic heterocycles. The Bertz CT molecular complexity index is 375. The number of non-ortho nitro benzene ring substituents is 1. The first-order chi connectivity index (χ1) is 7.44. The Balaban J connectivity index is 2.68. The normalized spacial score (nSPS) is 11.4. The van der Waals surface area contributed by atoms with Crippen molar-refractivity contribution in [2.45, 2.75) is 39.3 Å². The fourth-order valence-corrected chi connectivity index (χ4v) is 1.25. The van der Waals surface area contributed by atoms with Gasteiger partial charge in [0, 0.05) is 24.2 Å². The van der Waals surface area contributed by atoms with Crippen molar-refractivity contribution >= 4 is 5.69 Å². The van der Waals surface area contributed by atoms with Gasteiger partial charge in [0.25, 0.3) is 5.69 Å². The molecule has 0 aliphatic heterocycles. The zero-order valence-corrected chi connectivity index (χ0v) is 9.99. The van der Waals surface area contributed by atoms with E-state index in [1.807, 2.05) is 6.07 Å². The lowest BCUT2D eigenvalue weighted by atomic mass is 10.0. The topological polar surface area (TPSA) is 55.2 Å². The van der Waals surface area contributed by atoms with Crippen molar-refractivity contribution in [3.8, 4) is 0 Å². The Hall–Kier alpha value is -1.42. The van der Waals surface area contributed by atoms with Crippen molar-refractivity contribution in [1.29, 1.82) is 0 Å². The summed E-state index contributed by atoms with van der Waals surface area (Å²) in [5.74, 6) is 0. The molecule has 1 aromatic rings. The molecule has 0 aliphatic carbocycles. The van der Waals surface area contributed by atoms with E-state index in [2.05, 4.69) is 26.1 Å². The minimum absolute atomic E-state index is 0.0601. The van der Waals surface area contributed by atoms with Crippen molar-refractivity contribution < 1.29 is 4.92 Å². The third kappa shape index (κ3) is 3.62. The average molecular weight is 222 g/mol. The maximum atomic E-state index is 10.6. The summed E-state index contributed by atoms with van der Waals surface area (Å²) in [4.78, 5) is 10.2. The highest BCUT2D eigenvalue weighted by Crippen LogP contribution is 2.14. The minimum atomic E-state index is -0.367. The largest absolute Gasteiger partial charge is 0.308 e. The Morgan fingerprint density at radius 2 is 2.12 bits per heavy atom. The summed E-state index contributed by atoms with van der Waals surface area (Å²) in [7, 11) is 0. The molecule has 0 radical (unpaired) electrons. The third-order valence-corrected chi connectivity index (χ3v) is 2.78.